The summed E-state index contributed by atoms with van der Waals surface area (Å²) in [6, 6.07) is -0.359. The summed E-state index contributed by atoms with van der Waals surface area (Å²) in [5.41, 5.74) is 0. The van der Waals surface area contributed by atoms with Gasteiger partial charge in [-0.05, 0) is 6.92 Å². The maximum absolute atomic E-state index is 11.8. The Morgan fingerprint density at radius 2 is 2.00 bits per heavy atom. The Hall–Kier alpha value is -1.26. The van der Waals surface area contributed by atoms with E-state index in [1.54, 1.807) is 6.92 Å². The van der Waals surface area contributed by atoms with Gasteiger partial charge in [-0.25, -0.2) is 17.5 Å². The first-order valence-electron chi connectivity index (χ1n) is 5.09. The lowest BCUT2D eigenvalue weighted by molar-refractivity contribution is 0.248. The summed E-state index contributed by atoms with van der Waals surface area (Å²) in [5, 5.41) is 10.0. The largest absolute Gasteiger partial charge is 0.341 e. The van der Waals surface area contributed by atoms with Gasteiger partial charge in [0.2, 0.25) is 9.47 Å². The molecule has 0 unspecified atom stereocenters. The predicted octanol–water partition coefficient (Wildman–Crippen LogP) is -0.0459. The predicted molar refractivity (Wildman–Crippen MR) is 68.3 cm³/mol. The van der Waals surface area contributed by atoms with Crippen molar-refractivity contribution in [3.8, 4) is 0 Å². The number of aromatic nitrogens is 2. The van der Waals surface area contributed by atoms with Gasteiger partial charge in [0.1, 0.15) is 0 Å². The van der Waals surface area contributed by atoms with Crippen LogP contribution in [0.5, 0.6) is 0 Å². The van der Waals surface area contributed by atoms with E-state index < -0.39 is 10.0 Å². The van der Waals surface area contributed by atoms with Gasteiger partial charge in [-0.1, -0.05) is 11.3 Å². The molecule has 1 N–H and O–H groups in total. The van der Waals surface area contributed by atoms with E-state index in [2.05, 4.69) is 15.5 Å². The molecule has 10 heteroatoms. The summed E-state index contributed by atoms with van der Waals surface area (Å²) < 4.78 is 24.5. The number of hydrogen-bond donors (Lipinski definition) is 1. The van der Waals surface area contributed by atoms with Crippen molar-refractivity contribution >= 4 is 32.5 Å². The summed E-state index contributed by atoms with van der Waals surface area (Å²) in [7, 11) is 0.698. The van der Waals surface area contributed by atoms with E-state index in [0.29, 0.717) is 6.54 Å². The van der Waals surface area contributed by atoms with Crippen molar-refractivity contribution in [2.45, 2.75) is 11.3 Å². The number of hydrogen-bond acceptors (Lipinski definition) is 6. The van der Waals surface area contributed by atoms with Gasteiger partial charge in [-0.15, -0.1) is 10.2 Å². The summed E-state index contributed by atoms with van der Waals surface area (Å²) in [5.74, 6) is 0. The van der Waals surface area contributed by atoms with Crippen LogP contribution in [-0.4, -0.2) is 56.6 Å². The number of nitrogens with zero attached hydrogens (tertiary/aromatic N) is 4. The third-order valence-corrected chi connectivity index (χ3v) is 5.21. The van der Waals surface area contributed by atoms with E-state index in [1.807, 2.05) is 0 Å². The highest BCUT2D eigenvalue weighted by Gasteiger charge is 2.25. The van der Waals surface area contributed by atoms with Crippen LogP contribution in [0, 0.1) is 0 Å². The zero-order valence-electron chi connectivity index (χ0n) is 10.5. The fraction of sp³-hybridized carbons (Fsp3) is 0.625. The van der Waals surface area contributed by atoms with Gasteiger partial charge in [0, 0.05) is 27.7 Å². The average molecular weight is 293 g/mol. The molecule has 1 aromatic heterocycles. The topological polar surface area (TPSA) is 95.5 Å². The smallest absolute Gasteiger partial charge is 0.323 e. The molecule has 0 atom stereocenters. The van der Waals surface area contributed by atoms with Gasteiger partial charge in [0.15, 0.2) is 0 Å². The maximum Gasteiger partial charge on any atom is 0.323 e. The molecular formula is C8H15N5O3S2. The van der Waals surface area contributed by atoms with Crippen molar-refractivity contribution in [2.24, 2.45) is 0 Å². The van der Waals surface area contributed by atoms with Gasteiger partial charge in [-0.2, -0.15) is 0 Å². The number of amides is 2. The van der Waals surface area contributed by atoms with Crippen molar-refractivity contribution in [1.82, 2.24) is 19.8 Å². The SMILES string of the molecule is CCN(C(=O)NC)c1nnc(S(=O)(=O)N(C)C)s1. The highest BCUT2D eigenvalue weighted by Crippen LogP contribution is 2.25. The van der Waals surface area contributed by atoms with Gasteiger partial charge < -0.3 is 5.32 Å². The molecule has 102 valence electrons. The maximum atomic E-state index is 11.8. The quantitative estimate of drug-likeness (QED) is 0.786. The van der Waals surface area contributed by atoms with Crippen LogP contribution in [0.3, 0.4) is 0 Å². The third kappa shape index (κ3) is 2.76. The molecule has 0 radical (unpaired) electrons. The second-order valence-electron chi connectivity index (χ2n) is 3.44. The summed E-state index contributed by atoms with van der Waals surface area (Å²) in [6.45, 7) is 2.13. The van der Waals surface area contributed by atoms with Gasteiger partial charge >= 0.3 is 6.03 Å². The minimum atomic E-state index is -3.61. The van der Waals surface area contributed by atoms with Crippen LogP contribution < -0.4 is 10.2 Å². The molecule has 8 nitrogen and oxygen atoms in total. The number of urea groups is 1. The fourth-order valence-electron chi connectivity index (χ4n) is 1.07. The Balaban J connectivity index is 3.10. The first kappa shape index (κ1) is 14.8. The number of anilines is 1. The summed E-state index contributed by atoms with van der Waals surface area (Å²) in [4.78, 5) is 12.8. The van der Waals surface area contributed by atoms with Crippen molar-refractivity contribution in [1.29, 1.82) is 0 Å². The molecule has 0 fully saturated rings. The molecule has 1 aromatic rings. The molecule has 0 aromatic carbocycles. The highest BCUT2D eigenvalue weighted by atomic mass is 32.2. The molecule has 0 saturated carbocycles. The second-order valence-corrected chi connectivity index (χ2v) is 6.72. The van der Waals surface area contributed by atoms with Crippen LogP contribution in [0.4, 0.5) is 9.93 Å². The Bertz CT molecular complexity index is 525. The molecule has 0 spiro atoms. The van der Waals surface area contributed by atoms with Crippen LogP contribution in [0.25, 0.3) is 0 Å². The lowest BCUT2D eigenvalue weighted by atomic mass is 10.6. The molecule has 0 aliphatic carbocycles. The van der Waals surface area contributed by atoms with Crippen LogP contribution in [-0.2, 0) is 10.0 Å². The van der Waals surface area contributed by atoms with E-state index in [9.17, 15) is 13.2 Å². The number of carbonyl (C=O) groups excluding carboxylic acids is 1. The highest BCUT2D eigenvalue weighted by molar-refractivity contribution is 7.91. The average Bonchev–Trinajstić information content (AvgIpc) is 2.79. The number of sulfonamides is 1. The van der Waals surface area contributed by atoms with Gasteiger partial charge in [0.05, 0.1) is 0 Å². The Labute approximate surface area is 110 Å². The normalized spacial score (nSPS) is 11.6. The van der Waals surface area contributed by atoms with E-state index in [4.69, 9.17) is 0 Å². The van der Waals surface area contributed by atoms with Crippen LogP contribution >= 0.6 is 11.3 Å². The molecule has 2 amide bonds. The van der Waals surface area contributed by atoms with Crippen molar-refractivity contribution in [3.63, 3.8) is 0 Å². The summed E-state index contributed by atoms with van der Waals surface area (Å²) in [6.07, 6.45) is 0. The van der Waals surface area contributed by atoms with Gasteiger partial charge in [-0.3, -0.25) is 4.90 Å². The second kappa shape index (κ2) is 5.59. The van der Waals surface area contributed by atoms with Crippen LogP contribution in [0.1, 0.15) is 6.92 Å². The lowest BCUT2D eigenvalue weighted by Gasteiger charge is -2.15. The molecule has 0 aliphatic rings. The zero-order valence-corrected chi connectivity index (χ0v) is 12.2. The summed E-state index contributed by atoms with van der Waals surface area (Å²) >= 11 is 0.858. The standard InChI is InChI=1S/C8H15N5O3S2/c1-5-13(6(14)9-2)7-10-11-8(17-7)18(15,16)12(3)4/h5H2,1-4H3,(H,9,14). The number of nitrogens with one attached hydrogen (secondary N) is 1. The minimum Gasteiger partial charge on any atom is -0.341 e. The number of rotatable bonds is 4. The zero-order chi connectivity index (χ0) is 13.9. The molecule has 0 aliphatic heterocycles. The van der Waals surface area contributed by atoms with E-state index in [0.717, 1.165) is 15.6 Å². The number of carbonyl (C=O) groups is 1. The van der Waals surface area contributed by atoms with E-state index in [1.165, 1.54) is 26.0 Å². The minimum absolute atomic E-state index is 0.134. The fourth-order valence-corrected chi connectivity index (χ4v) is 3.26. The Morgan fingerprint density at radius 3 is 2.44 bits per heavy atom. The Kier molecular flexibility index (Phi) is 4.59. The third-order valence-electron chi connectivity index (χ3n) is 2.10. The molecule has 0 saturated heterocycles. The van der Waals surface area contributed by atoms with Crippen molar-refractivity contribution < 1.29 is 13.2 Å². The molecule has 18 heavy (non-hydrogen) atoms. The molecular weight excluding hydrogens is 278 g/mol. The first-order valence-corrected chi connectivity index (χ1v) is 7.35. The lowest BCUT2D eigenvalue weighted by Crippen LogP contribution is -2.37. The van der Waals surface area contributed by atoms with Crippen molar-refractivity contribution in [2.75, 3.05) is 32.6 Å². The molecule has 1 rings (SSSR count). The monoisotopic (exact) mass is 293 g/mol. The first-order chi connectivity index (χ1) is 8.34. The Morgan fingerprint density at radius 1 is 1.39 bits per heavy atom. The van der Waals surface area contributed by atoms with Crippen LogP contribution in [0.15, 0.2) is 4.34 Å². The molecule has 0 bridgehead atoms. The van der Waals surface area contributed by atoms with E-state index >= 15 is 0 Å². The van der Waals surface area contributed by atoms with Gasteiger partial charge in [0.25, 0.3) is 10.0 Å². The molecule has 1 heterocycles. The van der Waals surface area contributed by atoms with Crippen molar-refractivity contribution in [3.05, 3.63) is 0 Å². The van der Waals surface area contributed by atoms with Crippen LogP contribution in [0.2, 0.25) is 0 Å². The van der Waals surface area contributed by atoms with E-state index in [-0.39, 0.29) is 15.5 Å².